The Balaban J connectivity index is 3.30. The molecule has 2 N–H and O–H groups in total. The molecule has 42 heavy (non-hydrogen) atoms. The zero-order valence-electron chi connectivity index (χ0n) is 28.0. The van der Waals surface area contributed by atoms with E-state index < -0.39 is 9.52 Å². The van der Waals surface area contributed by atoms with E-state index in [1.54, 1.807) is 0 Å². The molecule has 0 aliphatic rings. The van der Waals surface area contributed by atoms with Gasteiger partial charge in [0, 0.05) is 12.8 Å². The van der Waals surface area contributed by atoms with Crippen molar-refractivity contribution in [2.45, 2.75) is 161 Å². The summed E-state index contributed by atoms with van der Waals surface area (Å²) in [6.07, 6.45) is 34.0. The minimum atomic E-state index is -0.578. The van der Waals surface area contributed by atoms with Crippen LogP contribution in [0.15, 0.2) is 24.3 Å². The van der Waals surface area contributed by atoms with Crippen molar-refractivity contribution >= 4 is 20.9 Å². The Labute approximate surface area is 263 Å². The number of rotatable bonds is 34. The van der Waals surface area contributed by atoms with Crippen molar-refractivity contribution in [1.29, 1.82) is 0 Å². The molecule has 0 unspecified atom stereocenters. The number of allylic oxidation sites excluding steroid dienone is 4. The zero-order chi connectivity index (χ0) is 30.6. The topological polar surface area (TPSA) is 67.4 Å². The van der Waals surface area contributed by atoms with Crippen molar-refractivity contribution in [3.63, 3.8) is 0 Å². The van der Waals surface area contributed by atoms with E-state index >= 15 is 0 Å². The highest BCUT2D eigenvalue weighted by Gasteiger charge is 2.05. The smallest absolute Gasteiger partial charge is 0.305 e. The number of hydrogen-bond acceptors (Lipinski definition) is 5. The Kier molecular flexibility index (Phi) is 34.9. The van der Waals surface area contributed by atoms with E-state index in [0.717, 1.165) is 96.4 Å². The summed E-state index contributed by atoms with van der Waals surface area (Å²) in [7, 11) is -0.578. The van der Waals surface area contributed by atoms with Gasteiger partial charge in [-0.05, 0) is 84.0 Å². The first-order valence-corrected chi connectivity index (χ1v) is 19.8. The molecule has 0 atom stereocenters. The van der Waals surface area contributed by atoms with E-state index in [1.165, 1.54) is 70.6 Å². The van der Waals surface area contributed by atoms with Crippen molar-refractivity contribution in [2.24, 2.45) is 0 Å². The van der Waals surface area contributed by atoms with Crippen LogP contribution >= 0.6 is 0 Å². The molecule has 0 amide bonds. The number of hydrogen-bond donors (Lipinski definition) is 2. The normalized spacial score (nSPS) is 12.0. The highest BCUT2D eigenvalue weighted by Crippen LogP contribution is 2.10. The average Bonchev–Trinajstić information content (AvgIpc) is 2.99. The lowest BCUT2D eigenvalue weighted by atomic mass is 10.1. The molecule has 0 heterocycles. The van der Waals surface area contributed by atoms with Crippen LogP contribution in [0.2, 0.25) is 6.04 Å². The molecule has 0 saturated heterocycles. The van der Waals surface area contributed by atoms with Crippen LogP contribution in [0, 0.1) is 0 Å². The maximum atomic E-state index is 12.1. The first kappa shape index (κ1) is 40.8. The van der Waals surface area contributed by atoms with E-state index in [-0.39, 0.29) is 5.97 Å². The number of esters is 1. The summed E-state index contributed by atoms with van der Waals surface area (Å²) >= 11 is 0. The molecule has 0 aromatic heterocycles. The maximum Gasteiger partial charge on any atom is 0.305 e. The number of carbonyl (C=O) groups is 2. The fraction of sp³-hybridized carbons (Fsp3) is 0.833. The zero-order valence-corrected chi connectivity index (χ0v) is 29.5. The monoisotopic (exact) mass is 607 g/mol. The molecule has 6 heteroatoms. The molecule has 0 aliphatic heterocycles. The van der Waals surface area contributed by atoms with Crippen molar-refractivity contribution in [1.82, 2.24) is 10.6 Å². The third-order valence-corrected chi connectivity index (χ3v) is 9.43. The predicted octanol–water partition coefficient (Wildman–Crippen LogP) is 8.56. The average molecular weight is 607 g/mol. The summed E-state index contributed by atoms with van der Waals surface area (Å²) in [5.74, 6) is -0.0385. The first-order valence-electron chi connectivity index (χ1n) is 18.1. The van der Waals surface area contributed by atoms with Gasteiger partial charge in [0.1, 0.15) is 14.9 Å². The Morgan fingerprint density at radius 2 is 1.17 bits per heavy atom. The lowest BCUT2D eigenvalue weighted by molar-refractivity contribution is -0.143. The Morgan fingerprint density at radius 3 is 1.90 bits per heavy atom. The van der Waals surface area contributed by atoms with E-state index in [4.69, 9.17) is 4.74 Å². The van der Waals surface area contributed by atoms with Gasteiger partial charge in [0.15, 0.2) is 0 Å². The molecule has 5 nitrogen and oxygen atoms in total. The van der Waals surface area contributed by atoms with Gasteiger partial charge in [0.2, 0.25) is 0 Å². The van der Waals surface area contributed by atoms with Crippen molar-refractivity contribution in [2.75, 3.05) is 32.8 Å². The second-order valence-electron chi connectivity index (χ2n) is 11.9. The van der Waals surface area contributed by atoms with Gasteiger partial charge in [-0.2, -0.15) is 0 Å². The van der Waals surface area contributed by atoms with Crippen molar-refractivity contribution in [3.05, 3.63) is 24.3 Å². The van der Waals surface area contributed by atoms with E-state index in [9.17, 15) is 9.59 Å². The van der Waals surface area contributed by atoms with E-state index in [2.05, 4.69) is 48.8 Å². The quantitative estimate of drug-likeness (QED) is 0.0332. The van der Waals surface area contributed by atoms with Crippen LogP contribution in [0.1, 0.15) is 155 Å². The van der Waals surface area contributed by atoms with Gasteiger partial charge in [-0.3, -0.25) is 4.79 Å². The van der Waals surface area contributed by atoms with Gasteiger partial charge in [-0.1, -0.05) is 115 Å². The first-order chi connectivity index (χ1) is 20.7. The van der Waals surface area contributed by atoms with Crippen LogP contribution in [0.5, 0.6) is 0 Å². The highest BCUT2D eigenvalue weighted by atomic mass is 28.2. The highest BCUT2D eigenvalue weighted by molar-refractivity contribution is 6.73. The molecular weight excluding hydrogens is 536 g/mol. The molecule has 0 bridgehead atoms. The standard InChI is InChI=1S/C36H70N2O3Si/c1-3-5-7-8-9-10-11-12-13-14-15-16-17-19-23-33-41-35(39)27-21-18-20-24-34-42-36(40)28-25-30-38-32-26-31-37-29-22-6-4-2/h8-9,11-12,37-38H,3-7,10,13-34,42H2,1-2H3/b9-8-,12-11-. The lowest BCUT2D eigenvalue weighted by Crippen LogP contribution is -2.24. The fourth-order valence-electron chi connectivity index (χ4n) is 4.90. The summed E-state index contributed by atoms with van der Waals surface area (Å²) in [6, 6.07) is 1.12. The molecule has 0 saturated carbocycles. The van der Waals surface area contributed by atoms with E-state index in [0.29, 0.717) is 18.4 Å². The van der Waals surface area contributed by atoms with Crippen molar-refractivity contribution in [3.8, 4) is 0 Å². The van der Waals surface area contributed by atoms with Crippen LogP contribution in [0.3, 0.4) is 0 Å². The molecule has 0 aliphatic carbocycles. The van der Waals surface area contributed by atoms with Crippen LogP contribution in [0.25, 0.3) is 0 Å². The molecule has 0 spiro atoms. The number of carbonyl (C=O) groups excluding carboxylic acids is 2. The van der Waals surface area contributed by atoms with Crippen LogP contribution in [-0.4, -0.2) is 53.7 Å². The minimum Gasteiger partial charge on any atom is -0.466 e. The largest absolute Gasteiger partial charge is 0.466 e. The third kappa shape index (κ3) is 35.0. The predicted molar refractivity (Wildman–Crippen MR) is 186 cm³/mol. The Morgan fingerprint density at radius 1 is 0.571 bits per heavy atom. The van der Waals surface area contributed by atoms with Gasteiger partial charge in [0.05, 0.1) is 6.61 Å². The minimum absolute atomic E-state index is 0.0385. The molecular formula is C36H70N2O3Si. The fourth-order valence-corrected chi connectivity index (χ4v) is 6.40. The lowest BCUT2D eigenvalue weighted by Gasteiger charge is -2.06. The molecule has 0 fully saturated rings. The van der Waals surface area contributed by atoms with Gasteiger partial charge < -0.3 is 20.2 Å². The Hall–Kier alpha value is -1.24. The summed E-state index contributed by atoms with van der Waals surface area (Å²) in [4.78, 5) is 24.1. The summed E-state index contributed by atoms with van der Waals surface area (Å²) in [5.41, 5.74) is 0. The number of unbranched alkanes of at least 4 members (excludes halogenated alkanes) is 13. The molecule has 0 radical (unpaired) electrons. The van der Waals surface area contributed by atoms with Crippen LogP contribution in [0.4, 0.5) is 0 Å². The molecule has 0 aromatic rings. The summed E-state index contributed by atoms with van der Waals surface area (Å²) in [6.45, 7) is 9.27. The molecule has 246 valence electrons. The third-order valence-electron chi connectivity index (χ3n) is 7.67. The van der Waals surface area contributed by atoms with E-state index in [1.807, 2.05) is 0 Å². The second-order valence-corrected chi connectivity index (χ2v) is 13.9. The van der Waals surface area contributed by atoms with Crippen LogP contribution in [-0.2, 0) is 14.3 Å². The molecule has 0 aromatic carbocycles. The van der Waals surface area contributed by atoms with Crippen molar-refractivity contribution < 1.29 is 14.3 Å². The van der Waals surface area contributed by atoms with Crippen LogP contribution < -0.4 is 10.6 Å². The van der Waals surface area contributed by atoms with Gasteiger partial charge in [0.25, 0.3) is 0 Å². The van der Waals surface area contributed by atoms with Gasteiger partial charge >= 0.3 is 5.97 Å². The molecule has 0 rings (SSSR count). The van der Waals surface area contributed by atoms with Gasteiger partial charge in [-0.15, -0.1) is 0 Å². The Bertz CT molecular complexity index is 639. The number of ether oxygens (including phenoxy) is 1. The maximum absolute atomic E-state index is 12.1. The van der Waals surface area contributed by atoms with Gasteiger partial charge in [-0.25, -0.2) is 0 Å². The summed E-state index contributed by atoms with van der Waals surface area (Å²) in [5, 5.41) is 7.49. The number of nitrogens with one attached hydrogen (secondary N) is 2. The SMILES string of the molecule is CCCC/C=C\C/C=C\CCCCCCCCOC(=O)CCCCCC[SiH2]C(=O)CCCNCCCNCCCCC. The second kappa shape index (κ2) is 36.0. The summed E-state index contributed by atoms with van der Waals surface area (Å²) < 4.78 is 5.41.